The molecule has 5 aromatic heterocycles. The molecule has 66 heavy (non-hydrogen) atoms. The maximum Gasteiger partial charge on any atom is 0.238 e. The number of fused-ring (bicyclic) bond motifs is 12. The van der Waals surface area contributed by atoms with Gasteiger partial charge in [0.15, 0.2) is 11.6 Å². The molecule has 0 amide bonds. The quantitative estimate of drug-likeness (QED) is 0.173. The second-order valence-electron chi connectivity index (χ2n) is 16.6. The van der Waals surface area contributed by atoms with Gasteiger partial charge in [0.25, 0.3) is 0 Å². The molecule has 0 atom stereocenters. The minimum atomic E-state index is -0.260. The molecule has 0 fully saturated rings. The standard InChI is InChI=1S/C57H31F2N5S2/c58-45-22-10-18-39-37-16-8-20-41(51(37)65-53(39)45)55-60-56(42-21-9-17-38-40-19-11-23-46(59)54(40)66-52(38)42)62-57(61-55)64-48-25-7-5-15-36(48)44-31-33(27-29-50(44)64)32-26-28-49-43(30-32)35-14-4-6-24-47(35)63(49)34-12-2-1-3-13-34/h1-31H. The number of aromatic nitrogens is 5. The van der Waals surface area contributed by atoms with Gasteiger partial charge in [-0.05, 0) is 83.9 Å². The molecule has 5 nitrogen and oxygen atoms in total. The second-order valence-corrected chi connectivity index (χ2v) is 18.6. The van der Waals surface area contributed by atoms with E-state index in [-0.39, 0.29) is 11.6 Å². The molecule has 0 unspecified atom stereocenters. The Balaban J connectivity index is 1.00. The van der Waals surface area contributed by atoms with Crippen LogP contribution in [-0.2, 0) is 0 Å². The normalized spacial score (nSPS) is 12.1. The summed E-state index contributed by atoms with van der Waals surface area (Å²) < 4.78 is 38.1. The van der Waals surface area contributed by atoms with Crippen LogP contribution >= 0.6 is 22.7 Å². The first kappa shape index (κ1) is 37.3. The van der Waals surface area contributed by atoms with E-state index in [4.69, 9.17) is 15.0 Å². The maximum absolute atomic E-state index is 15.3. The van der Waals surface area contributed by atoms with Crippen molar-refractivity contribution in [2.45, 2.75) is 0 Å². The van der Waals surface area contributed by atoms with Gasteiger partial charge in [-0.2, -0.15) is 9.97 Å². The van der Waals surface area contributed by atoms with Gasteiger partial charge in [-0.15, -0.1) is 22.7 Å². The summed E-state index contributed by atoms with van der Waals surface area (Å²) in [6, 6.07) is 63.3. The number of nitrogens with zero attached hydrogens (tertiary/aromatic N) is 5. The first-order chi connectivity index (χ1) is 32.6. The third-order valence-corrected chi connectivity index (χ3v) is 15.5. The molecule has 0 saturated heterocycles. The van der Waals surface area contributed by atoms with Gasteiger partial charge in [0.1, 0.15) is 11.6 Å². The number of rotatable bonds is 5. The smallest absolute Gasteiger partial charge is 0.238 e. The van der Waals surface area contributed by atoms with Crippen LogP contribution in [0.2, 0.25) is 0 Å². The van der Waals surface area contributed by atoms with Crippen molar-refractivity contribution < 1.29 is 8.78 Å². The summed E-state index contributed by atoms with van der Waals surface area (Å²) >= 11 is 2.81. The van der Waals surface area contributed by atoms with Crippen LogP contribution in [0.25, 0.3) is 129 Å². The molecule has 0 radical (unpaired) electrons. The van der Waals surface area contributed by atoms with Gasteiger partial charge in [-0.3, -0.25) is 4.57 Å². The molecule has 5 heterocycles. The van der Waals surface area contributed by atoms with Crippen LogP contribution in [0.5, 0.6) is 0 Å². The lowest BCUT2D eigenvalue weighted by Crippen LogP contribution is -2.06. The summed E-state index contributed by atoms with van der Waals surface area (Å²) in [4.78, 5) is 15.9. The fourth-order valence-electron chi connectivity index (χ4n) is 10.0. The van der Waals surface area contributed by atoms with Gasteiger partial charge in [-0.25, -0.2) is 13.8 Å². The SMILES string of the molecule is Fc1cccc2c1sc1c(-c3nc(-c4cccc5c4sc4c(F)cccc45)nc(-n4c5ccccc5c5cc(-c6ccc7c(c6)c6ccccc6n7-c6ccccc6)ccc54)n3)cccc12. The molecule has 0 aliphatic rings. The Morgan fingerprint density at radius 3 is 1.30 bits per heavy atom. The molecule has 0 aliphatic heterocycles. The van der Waals surface area contributed by atoms with E-state index in [2.05, 4.69) is 112 Å². The third kappa shape index (κ3) is 5.44. The molecule has 0 bridgehead atoms. The Kier molecular flexibility index (Phi) is 8.02. The zero-order chi connectivity index (χ0) is 43.6. The van der Waals surface area contributed by atoms with Crippen LogP contribution in [0.1, 0.15) is 0 Å². The van der Waals surface area contributed by atoms with Gasteiger partial charge < -0.3 is 4.57 Å². The van der Waals surface area contributed by atoms with E-state index in [1.165, 1.54) is 45.6 Å². The zero-order valence-electron chi connectivity index (χ0n) is 34.7. The Labute approximate surface area is 382 Å². The highest BCUT2D eigenvalue weighted by Gasteiger charge is 2.23. The summed E-state index contributed by atoms with van der Waals surface area (Å²) in [6.07, 6.45) is 0. The Morgan fingerprint density at radius 2 is 0.758 bits per heavy atom. The van der Waals surface area contributed by atoms with Crippen LogP contribution in [-0.4, -0.2) is 24.1 Å². The molecule has 0 spiro atoms. The van der Waals surface area contributed by atoms with Crippen LogP contribution in [0.3, 0.4) is 0 Å². The zero-order valence-corrected chi connectivity index (χ0v) is 36.3. The molecule has 0 aliphatic carbocycles. The third-order valence-electron chi connectivity index (χ3n) is 13.0. The molecule has 14 rings (SSSR count). The Bertz CT molecular complexity index is 4200. The van der Waals surface area contributed by atoms with Crippen molar-refractivity contribution in [1.29, 1.82) is 0 Å². The highest BCUT2D eigenvalue weighted by molar-refractivity contribution is 7.26. The lowest BCUT2D eigenvalue weighted by molar-refractivity contribution is 0.641. The Morgan fingerprint density at radius 1 is 0.333 bits per heavy atom. The second kappa shape index (κ2) is 14.2. The minimum Gasteiger partial charge on any atom is -0.309 e. The molecule has 0 saturated carbocycles. The predicted octanol–water partition coefficient (Wildman–Crippen LogP) is 16.1. The number of hydrogen-bond acceptors (Lipinski definition) is 5. The molecule has 0 N–H and O–H groups in total. The van der Waals surface area contributed by atoms with Crippen molar-refractivity contribution in [1.82, 2.24) is 24.1 Å². The number of benzene rings is 9. The number of halogens is 2. The van der Waals surface area contributed by atoms with Crippen molar-refractivity contribution in [2.24, 2.45) is 0 Å². The monoisotopic (exact) mass is 887 g/mol. The van der Waals surface area contributed by atoms with Crippen LogP contribution < -0.4 is 0 Å². The van der Waals surface area contributed by atoms with Gasteiger partial charge in [-0.1, -0.05) is 115 Å². The summed E-state index contributed by atoms with van der Waals surface area (Å²) in [5.41, 5.74) is 9.08. The fraction of sp³-hybridized carbons (Fsp3) is 0. The lowest BCUT2D eigenvalue weighted by atomic mass is 10.0. The lowest BCUT2D eigenvalue weighted by Gasteiger charge is -2.12. The molecule has 310 valence electrons. The van der Waals surface area contributed by atoms with E-state index in [0.29, 0.717) is 27.0 Å². The van der Waals surface area contributed by atoms with Crippen LogP contribution in [0, 0.1) is 11.6 Å². The van der Waals surface area contributed by atoms with Gasteiger partial charge in [0, 0.05) is 69.3 Å². The van der Waals surface area contributed by atoms with E-state index >= 15 is 8.78 Å². The van der Waals surface area contributed by atoms with E-state index < -0.39 is 0 Å². The topological polar surface area (TPSA) is 48.5 Å². The summed E-state index contributed by atoms with van der Waals surface area (Å²) in [6.45, 7) is 0. The first-order valence-corrected chi connectivity index (χ1v) is 23.3. The average molecular weight is 888 g/mol. The molecule has 9 aromatic carbocycles. The summed E-state index contributed by atoms with van der Waals surface area (Å²) in [5.74, 6) is 0.843. The van der Waals surface area contributed by atoms with Crippen molar-refractivity contribution in [3.05, 3.63) is 200 Å². The number of thiophene rings is 2. The summed E-state index contributed by atoms with van der Waals surface area (Å²) in [5, 5.41) is 8.07. The predicted molar refractivity (Wildman–Crippen MR) is 271 cm³/mol. The number of para-hydroxylation sites is 3. The van der Waals surface area contributed by atoms with E-state index in [0.717, 1.165) is 91.7 Å². The van der Waals surface area contributed by atoms with E-state index in [1.54, 1.807) is 12.1 Å². The van der Waals surface area contributed by atoms with E-state index in [9.17, 15) is 0 Å². The van der Waals surface area contributed by atoms with Crippen LogP contribution in [0.4, 0.5) is 8.78 Å². The summed E-state index contributed by atoms with van der Waals surface area (Å²) in [7, 11) is 0. The van der Waals surface area contributed by atoms with Gasteiger partial charge in [0.2, 0.25) is 5.95 Å². The largest absolute Gasteiger partial charge is 0.309 e. The molecule has 9 heteroatoms. The molecular weight excluding hydrogens is 857 g/mol. The van der Waals surface area contributed by atoms with Crippen molar-refractivity contribution in [3.8, 4) is 45.5 Å². The fourth-order valence-corrected chi connectivity index (χ4v) is 12.4. The molecular formula is C57H31F2N5S2. The number of hydrogen-bond donors (Lipinski definition) is 0. The van der Waals surface area contributed by atoms with Crippen molar-refractivity contribution in [2.75, 3.05) is 0 Å². The van der Waals surface area contributed by atoms with Crippen LogP contribution in [0.15, 0.2) is 188 Å². The first-order valence-electron chi connectivity index (χ1n) is 21.6. The minimum absolute atomic E-state index is 0.260. The average Bonchev–Trinajstić information content (AvgIpc) is 4.13. The highest BCUT2D eigenvalue weighted by atomic mass is 32.1. The van der Waals surface area contributed by atoms with E-state index in [1.807, 2.05) is 60.7 Å². The Hall–Kier alpha value is -8.11. The van der Waals surface area contributed by atoms with Crippen molar-refractivity contribution in [3.63, 3.8) is 0 Å². The van der Waals surface area contributed by atoms with Crippen molar-refractivity contribution >= 4 is 107 Å². The van der Waals surface area contributed by atoms with Gasteiger partial charge in [0.05, 0.1) is 31.5 Å². The highest BCUT2D eigenvalue weighted by Crippen LogP contribution is 2.44. The maximum atomic E-state index is 15.3. The van der Waals surface area contributed by atoms with Gasteiger partial charge >= 0.3 is 0 Å². The molecule has 14 aromatic rings.